The molecule has 1 rings (SSSR count). The van der Waals surface area contributed by atoms with Crippen LogP contribution in [0.4, 0.5) is 0 Å². The summed E-state index contributed by atoms with van der Waals surface area (Å²) >= 11 is 1.06. The molecule has 1 heterocycles. The summed E-state index contributed by atoms with van der Waals surface area (Å²) in [6.07, 6.45) is 0.662. The van der Waals surface area contributed by atoms with Crippen LogP contribution in [0.3, 0.4) is 0 Å². The van der Waals surface area contributed by atoms with Crippen molar-refractivity contribution in [2.24, 2.45) is 16.8 Å². The summed E-state index contributed by atoms with van der Waals surface area (Å²) in [7, 11) is 0. The summed E-state index contributed by atoms with van der Waals surface area (Å²) < 4.78 is 3.73. The van der Waals surface area contributed by atoms with Gasteiger partial charge in [0.15, 0.2) is 0 Å². The largest absolute Gasteiger partial charge is 0.409 e. The predicted molar refractivity (Wildman–Crippen MR) is 64.2 cm³/mol. The van der Waals surface area contributed by atoms with Crippen LogP contribution in [0.5, 0.6) is 0 Å². The lowest BCUT2D eigenvalue weighted by Gasteiger charge is -2.10. The number of nitrogens with one attached hydrogen (secondary N) is 1. The molecule has 0 bridgehead atoms. The van der Waals surface area contributed by atoms with Crippen molar-refractivity contribution in [3.05, 3.63) is 10.6 Å². The SMILES string of the molecule is CCc1nnsc1C(=O)NCC(C)C(N)=NO. The Morgan fingerprint density at radius 2 is 2.41 bits per heavy atom. The van der Waals surface area contributed by atoms with Gasteiger partial charge in [-0.25, -0.2) is 0 Å². The van der Waals surface area contributed by atoms with Crippen molar-refractivity contribution in [3.8, 4) is 0 Å². The number of aryl methyl sites for hydroxylation is 1. The molecular weight excluding hydrogens is 242 g/mol. The van der Waals surface area contributed by atoms with Gasteiger partial charge in [-0.15, -0.1) is 5.10 Å². The molecule has 0 saturated carbocycles. The third-order valence-electron chi connectivity index (χ3n) is 2.29. The minimum atomic E-state index is -0.227. The molecule has 0 aromatic carbocycles. The van der Waals surface area contributed by atoms with E-state index in [9.17, 15) is 4.79 Å². The number of rotatable bonds is 5. The van der Waals surface area contributed by atoms with Gasteiger partial charge in [-0.1, -0.05) is 23.5 Å². The summed E-state index contributed by atoms with van der Waals surface area (Å²) in [6.45, 7) is 3.96. The zero-order chi connectivity index (χ0) is 12.8. The van der Waals surface area contributed by atoms with Gasteiger partial charge >= 0.3 is 0 Å². The number of oxime groups is 1. The van der Waals surface area contributed by atoms with Gasteiger partial charge in [0, 0.05) is 12.5 Å². The van der Waals surface area contributed by atoms with E-state index in [-0.39, 0.29) is 17.7 Å². The summed E-state index contributed by atoms with van der Waals surface area (Å²) in [5.74, 6) is -0.368. The average Bonchev–Trinajstić information content (AvgIpc) is 2.82. The van der Waals surface area contributed by atoms with Crippen LogP contribution in [-0.4, -0.2) is 33.1 Å². The topological polar surface area (TPSA) is 113 Å². The molecule has 17 heavy (non-hydrogen) atoms. The van der Waals surface area contributed by atoms with Crippen molar-refractivity contribution in [2.45, 2.75) is 20.3 Å². The van der Waals surface area contributed by atoms with Crippen molar-refractivity contribution in [3.63, 3.8) is 0 Å². The Kier molecular flexibility index (Phi) is 4.83. The fourth-order valence-corrected chi connectivity index (χ4v) is 1.81. The first-order chi connectivity index (χ1) is 8.10. The lowest BCUT2D eigenvalue weighted by molar-refractivity contribution is 0.0954. The summed E-state index contributed by atoms with van der Waals surface area (Å²) in [5.41, 5.74) is 6.09. The molecule has 0 radical (unpaired) electrons. The number of amidine groups is 1. The van der Waals surface area contributed by atoms with Gasteiger partial charge in [-0.05, 0) is 18.0 Å². The third-order valence-corrected chi connectivity index (χ3v) is 3.05. The number of amides is 1. The summed E-state index contributed by atoms with van der Waals surface area (Å²) in [4.78, 5) is 12.3. The number of carbonyl (C=O) groups is 1. The number of nitrogens with zero attached hydrogens (tertiary/aromatic N) is 3. The molecular formula is C9H15N5O2S. The van der Waals surface area contributed by atoms with E-state index >= 15 is 0 Å². The normalized spacial score (nSPS) is 13.4. The highest BCUT2D eigenvalue weighted by molar-refractivity contribution is 7.08. The number of hydrogen-bond donors (Lipinski definition) is 3. The van der Waals surface area contributed by atoms with Gasteiger partial charge in [0.2, 0.25) is 0 Å². The fraction of sp³-hybridized carbons (Fsp3) is 0.556. The van der Waals surface area contributed by atoms with Crippen molar-refractivity contribution >= 4 is 23.3 Å². The second-order valence-electron chi connectivity index (χ2n) is 3.54. The first-order valence-corrected chi connectivity index (χ1v) is 5.94. The zero-order valence-electron chi connectivity index (χ0n) is 9.67. The minimum Gasteiger partial charge on any atom is -0.409 e. The van der Waals surface area contributed by atoms with Gasteiger partial charge in [0.1, 0.15) is 10.7 Å². The Balaban J connectivity index is 2.56. The molecule has 8 heteroatoms. The van der Waals surface area contributed by atoms with E-state index in [1.54, 1.807) is 6.92 Å². The van der Waals surface area contributed by atoms with Crippen LogP contribution in [0, 0.1) is 5.92 Å². The van der Waals surface area contributed by atoms with Crippen LogP contribution >= 0.6 is 11.5 Å². The highest BCUT2D eigenvalue weighted by Gasteiger charge is 2.16. The molecule has 7 nitrogen and oxygen atoms in total. The molecule has 0 aliphatic heterocycles. The maximum atomic E-state index is 11.8. The highest BCUT2D eigenvalue weighted by Crippen LogP contribution is 2.10. The lowest BCUT2D eigenvalue weighted by atomic mass is 10.1. The van der Waals surface area contributed by atoms with E-state index in [0.29, 0.717) is 23.5 Å². The Labute approximate surface area is 103 Å². The second kappa shape index (κ2) is 6.14. The standard InChI is InChI=1S/C9H15N5O2S/c1-3-6-7(17-14-12-6)9(15)11-4-5(2)8(10)13-16/h5,16H,3-4H2,1-2H3,(H2,10,13)(H,11,15). The number of carbonyl (C=O) groups excluding carboxylic acids is 1. The van der Waals surface area contributed by atoms with E-state index in [1.165, 1.54) is 0 Å². The van der Waals surface area contributed by atoms with Crippen molar-refractivity contribution in [2.75, 3.05) is 6.54 Å². The molecule has 4 N–H and O–H groups in total. The molecule has 1 aromatic rings. The maximum absolute atomic E-state index is 11.8. The lowest BCUT2D eigenvalue weighted by Crippen LogP contribution is -2.34. The van der Waals surface area contributed by atoms with Crippen molar-refractivity contribution in [1.82, 2.24) is 14.9 Å². The van der Waals surface area contributed by atoms with Gasteiger partial charge in [-0.2, -0.15) is 0 Å². The van der Waals surface area contributed by atoms with Gasteiger partial charge in [0.25, 0.3) is 5.91 Å². The monoisotopic (exact) mass is 257 g/mol. The number of aromatic nitrogens is 2. The Morgan fingerprint density at radius 1 is 1.71 bits per heavy atom. The highest BCUT2D eigenvalue weighted by atomic mass is 32.1. The average molecular weight is 257 g/mol. The number of hydrogen-bond acceptors (Lipinski definition) is 6. The quantitative estimate of drug-likeness (QED) is 0.302. The molecule has 0 aliphatic rings. The minimum absolute atomic E-state index is 0.0865. The predicted octanol–water partition coefficient (Wildman–Crippen LogP) is 0.213. The first-order valence-electron chi connectivity index (χ1n) is 5.17. The van der Waals surface area contributed by atoms with Crippen LogP contribution in [0.2, 0.25) is 0 Å². The van der Waals surface area contributed by atoms with Crippen LogP contribution in [0.15, 0.2) is 5.16 Å². The Hall–Kier alpha value is -1.70. The van der Waals surface area contributed by atoms with E-state index in [0.717, 1.165) is 11.5 Å². The van der Waals surface area contributed by atoms with Crippen LogP contribution in [0.25, 0.3) is 0 Å². The van der Waals surface area contributed by atoms with E-state index in [1.807, 2.05) is 6.92 Å². The summed E-state index contributed by atoms with van der Waals surface area (Å²) in [5, 5.41) is 17.9. The third kappa shape index (κ3) is 3.38. The van der Waals surface area contributed by atoms with Crippen molar-refractivity contribution < 1.29 is 10.0 Å². The smallest absolute Gasteiger partial charge is 0.264 e. The van der Waals surface area contributed by atoms with Crippen LogP contribution < -0.4 is 11.1 Å². The molecule has 94 valence electrons. The van der Waals surface area contributed by atoms with Crippen molar-refractivity contribution in [1.29, 1.82) is 0 Å². The summed E-state index contributed by atoms with van der Waals surface area (Å²) in [6, 6.07) is 0. The molecule has 1 aromatic heterocycles. The Morgan fingerprint density at radius 3 is 3.00 bits per heavy atom. The molecule has 1 amide bonds. The van der Waals surface area contributed by atoms with Gasteiger partial charge in [-0.3, -0.25) is 4.79 Å². The molecule has 0 fully saturated rings. The maximum Gasteiger partial charge on any atom is 0.264 e. The van der Waals surface area contributed by atoms with Crippen LogP contribution in [-0.2, 0) is 6.42 Å². The second-order valence-corrected chi connectivity index (χ2v) is 4.29. The van der Waals surface area contributed by atoms with Crippen LogP contribution in [0.1, 0.15) is 29.2 Å². The molecule has 0 aliphatic carbocycles. The Bertz CT molecular complexity index is 417. The van der Waals surface area contributed by atoms with E-state index < -0.39 is 0 Å². The van der Waals surface area contributed by atoms with Gasteiger partial charge < -0.3 is 16.3 Å². The first kappa shape index (κ1) is 13.4. The van der Waals surface area contributed by atoms with Gasteiger partial charge in [0.05, 0.1) is 5.69 Å². The molecule has 0 spiro atoms. The molecule has 0 saturated heterocycles. The van der Waals surface area contributed by atoms with E-state index in [2.05, 4.69) is 20.1 Å². The zero-order valence-corrected chi connectivity index (χ0v) is 10.5. The fourth-order valence-electron chi connectivity index (χ4n) is 1.14. The molecule has 1 unspecified atom stereocenters. The van der Waals surface area contributed by atoms with E-state index in [4.69, 9.17) is 10.9 Å². The number of nitrogens with two attached hydrogens (primary N) is 1. The molecule has 1 atom stereocenters.